The number of hydrogen-bond acceptors (Lipinski definition) is 7. The van der Waals surface area contributed by atoms with E-state index in [0.29, 0.717) is 17.9 Å². The zero-order valence-electron chi connectivity index (χ0n) is 13.4. The quantitative estimate of drug-likeness (QED) is 0.619. The Morgan fingerprint density at radius 3 is 1.96 bits per heavy atom. The van der Waals surface area contributed by atoms with Crippen molar-refractivity contribution in [3.05, 3.63) is 12.2 Å². The van der Waals surface area contributed by atoms with E-state index in [1.165, 1.54) is 12.2 Å². The van der Waals surface area contributed by atoms with Crippen LogP contribution >= 0.6 is 0 Å². The Hall–Kier alpha value is -2.07. The van der Waals surface area contributed by atoms with Gasteiger partial charge in [-0.1, -0.05) is 0 Å². The number of nitrogens with zero attached hydrogens (tertiary/aromatic N) is 2. The first-order valence-electron chi connectivity index (χ1n) is 8.10. The molecule has 3 aliphatic rings. The molecule has 0 unspecified atom stereocenters. The van der Waals surface area contributed by atoms with Crippen molar-refractivity contribution in [1.82, 2.24) is 9.96 Å². The first kappa shape index (κ1) is 17.7. The molecule has 4 amide bonds. The van der Waals surface area contributed by atoms with Crippen molar-refractivity contribution in [2.75, 3.05) is 6.54 Å². The predicted octanol–water partition coefficient (Wildman–Crippen LogP) is -0.119. The molecule has 0 aromatic heterocycles. The van der Waals surface area contributed by atoms with Crippen molar-refractivity contribution >= 4 is 33.7 Å². The Morgan fingerprint density at radius 1 is 0.920 bits per heavy atom. The second kappa shape index (κ2) is 6.68. The molecule has 0 atom stereocenters. The fourth-order valence-corrected chi connectivity index (χ4v) is 4.62. The van der Waals surface area contributed by atoms with Gasteiger partial charge in [0.2, 0.25) is 0 Å². The maximum atomic E-state index is 12.3. The third-order valence-corrected chi connectivity index (χ3v) is 6.37. The van der Waals surface area contributed by atoms with Gasteiger partial charge in [-0.2, -0.15) is 8.42 Å². The number of carbonyl (C=O) groups is 4. The van der Waals surface area contributed by atoms with Crippen LogP contribution in [0.25, 0.3) is 0 Å². The molecule has 2 aliphatic heterocycles. The summed E-state index contributed by atoms with van der Waals surface area (Å²) < 4.78 is 29.3. The van der Waals surface area contributed by atoms with E-state index in [1.54, 1.807) is 0 Å². The second-order valence-electron chi connectivity index (χ2n) is 6.41. The molecule has 1 aliphatic carbocycles. The zero-order chi connectivity index (χ0) is 18.2. The molecule has 0 spiro atoms. The van der Waals surface area contributed by atoms with E-state index >= 15 is 0 Å². The molecular weight excluding hydrogens is 352 g/mol. The summed E-state index contributed by atoms with van der Waals surface area (Å²) in [5.41, 5.74) is 0. The average molecular weight is 370 g/mol. The van der Waals surface area contributed by atoms with Crippen molar-refractivity contribution < 1.29 is 31.9 Å². The maximum absolute atomic E-state index is 12.3. The first-order valence-corrected chi connectivity index (χ1v) is 9.58. The van der Waals surface area contributed by atoms with E-state index in [2.05, 4.69) is 0 Å². The summed E-state index contributed by atoms with van der Waals surface area (Å²) in [6.45, 7) is 0.265. The molecule has 2 heterocycles. The van der Waals surface area contributed by atoms with Crippen LogP contribution in [0.4, 0.5) is 0 Å². The molecule has 25 heavy (non-hydrogen) atoms. The molecule has 1 saturated carbocycles. The van der Waals surface area contributed by atoms with Crippen molar-refractivity contribution in [2.45, 2.75) is 43.8 Å². The van der Waals surface area contributed by atoms with Crippen LogP contribution in [0.1, 0.15) is 38.5 Å². The molecule has 10 heteroatoms. The Labute approximate surface area is 144 Å². The molecule has 1 saturated heterocycles. The molecular formula is C15H18N2O7S. The highest BCUT2D eigenvalue weighted by atomic mass is 32.2. The van der Waals surface area contributed by atoms with Crippen LogP contribution in [0.2, 0.25) is 0 Å². The monoisotopic (exact) mass is 370 g/mol. The summed E-state index contributed by atoms with van der Waals surface area (Å²) in [6.07, 6.45) is 3.92. The summed E-state index contributed by atoms with van der Waals surface area (Å²) in [6, 6.07) is 0. The largest absolute Gasteiger partial charge is 0.291 e. The number of carbonyl (C=O) groups excluding carboxylic acids is 4. The first-order chi connectivity index (χ1) is 11.8. The van der Waals surface area contributed by atoms with Gasteiger partial charge in [-0.05, 0) is 31.6 Å². The van der Waals surface area contributed by atoms with Crippen LogP contribution in [-0.2, 0) is 33.6 Å². The molecule has 136 valence electrons. The van der Waals surface area contributed by atoms with Crippen molar-refractivity contribution in [2.24, 2.45) is 5.92 Å². The van der Waals surface area contributed by atoms with Crippen LogP contribution in [0.15, 0.2) is 12.2 Å². The third-order valence-electron chi connectivity index (χ3n) is 4.73. The molecule has 2 fully saturated rings. The molecule has 0 radical (unpaired) electrons. The fourth-order valence-electron chi connectivity index (χ4n) is 3.28. The van der Waals surface area contributed by atoms with Crippen LogP contribution < -0.4 is 0 Å². The Kier molecular flexibility index (Phi) is 4.74. The number of hydroxylamine groups is 2. The highest BCUT2D eigenvalue weighted by Crippen LogP contribution is 2.31. The topological polar surface area (TPSA) is 118 Å². The van der Waals surface area contributed by atoms with E-state index in [4.69, 9.17) is 4.28 Å². The summed E-state index contributed by atoms with van der Waals surface area (Å²) in [5, 5.41) is -0.470. The van der Waals surface area contributed by atoms with Crippen molar-refractivity contribution in [1.29, 1.82) is 0 Å². The van der Waals surface area contributed by atoms with Gasteiger partial charge >= 0.3 is 0 Å². The molecule has 0 N–H and O–H groups in total. The second-order valence-corrected chi connectivity index (χ2v) is 8.21. The standard InChI is InChI=1S/C15H18N2O7S/c18-12-5-6-13(19)16(12)9-10-1-3-11(4-2-10)25(22,23)24-17-14(20)7-8-15(17)21/h5-6,10-11H,1-4,7-9H2. The van der Waals surface area contributed by atoms with Crippen LogP contribution in [0.3, 0.4) is 0 Å². The summed E-state index contributed by atoms with van der Waals surface area (Å²) >= 11 is 0. The highest BCUT2D eigenvalue weighted by Gasteiger charge is 2.39. The average Bonchev–Trinajstić information content (AvgIpc) is 3.05. The SMILES string of the molecule is O=C1C=CC(=O)N1CC1CCC(S(=O)(=O)ON2C(=O)CCC2=O)CC1. The van der Waals surface area contributed by atoms with Crippen LogP contribution in [0, 0.1) is 5.92 Å². The van der Waals surface area contributed by atoms with Gasteiger partial charge in [-0.3, -0.25) is 24.1 Å². The molecule has 0 aromatic carbocycles. The Bertz CT molecular complexity index is 716. The minimum absolute atomic E-state index is 0.0225. The molecule has 0 aromatic rings. The molecule has 3 rings (SSSR count). The lowest BCUT2D eigenvalue weighted by Crippen LogP contribution is -2.40. The zero-order valence-corrected chi connectivity index (χ0v) is 14.2. The van der Waals surface area contributed by atoms with Gasteiger partial charge < -0.3 is 0 Å². The summed E-state index contributed by atoms with van der Waals surface area (Å²) in [7, 11) is -4.08. The normalized spacial score (nSPS) is 27.7. The van der Waals surface area contributed by atoms with Gasteiger partial charge in [0.15, 0.2) is 0 Å². The number of hydrogen-bond donors (Lipinski definition) is 0. The van der Waals surface area contributed by atoms with Crippen LogP contribution in [0.5, 0.6) is 0 Å². The summed E-state index contributed by atoms with van der Waals surface area (Å²) in [4.78, 5) is 47.3. The lowest BCUT2D eigenvalue weighted by atomic mass is 9.88. The van der Waals surface area contributed by atoms with Crippen LogP contribution in [-0.4, -0.2) is 53.8 Å². The Morgan fingerprint density at radius 2 is 1.44 bits per heavy atom. The smallest absolute Gasteiger partial charge is 0.275 e. The lowest BCUT2D eigenvalue weighted by molar-refractivity contribution is -0.163. The van der Waals surface area contributed by atoms with Gasteiger partial charge in [-0.15, -0.1) is 9.35 Å². The number of amides is 4. The minimum atomic E-state index is -4.08. The van der Waals surface area contributed by atoms with Gasteiger partial charge in [0, 0.05) is 31.5 Å². The lowest BCUT2D eigenvalue weighted by Gasteiger charge is -2.30. The summed E-state index contributed by atoms with van der Waals surface area (Å²) in [5.74, 6) is -1.99. The van der Waals surface area contributed by atoms with Gasteiger partial charge in [0.1, 0.15) is 0 Å². The predicted molar refractivity (Wildman–Crippen MR) is 82.7 cm³/mol. The third kappa shape index (κ3) is 3.64. The van der Waals surface area contributed by atoms with Gasteiger partial charge in [0.05, 0.1) is 5.25 Å². The fraction of sp³-hybridized carbons (Fsp3) is 0.600. The van der Waals surface area contributed by atoms with Gasteiger partial charge in [-0.25, -0.2) is 0 Å². The van der Waals surface area contributed by atoms with E-state index in [9.17, 15) is 27.6 Å². The van der Waals surface area contributed by atoms with Gasteiger partial charge in [0.25, 0.3) is 33.7 Å². The van der Waals surface area contributed by atoms with Crippen molar-refractivity contribution in [3.63, 3.8) is 0 Å². The number of imide groups is 2. The van der Waals surface area contributed by atoms with E-state index in [1.807, 2.05) is 0 Å². The van der Waals surface area contributed by atoms with E-state index < -0.39 is 27.2 Å². The minimum Gasteiger partial charge on any atom is -0.275 e. The Balaban J connectivity index is 1.54. The van der Waals surface area contributed by atoms with Crippen molar-refractivity contribution in [3.8, 4) is 0 Å². The molecule has 0 bridgehead atoms. The van der Waals surface area contributed by atoms with E-state index in [0.717, 1.165) is 4.90 Å². The number of rotatable bonds is 5. The van der Waals surface area contributed by atoms with E-state index in [-0.39, 0.29) is 50.0 Å². The maximum Gasteiger partial charge on any atom is 0.291 e. The molecule has 9 nitrogen and oxygen atoms in total. The highest BCUT2D eigenvalue weighted by molar-refractivity contribution is 7.87.